The summed E-state index contributed by atoms with van der Waals surface area (Å²) < 4.78 is 12.0. The first-order valence-electron chi connectivity index (χ1n) is 9.60. The zero-order chi connectivity index (χ0) is 21.0. The number of nitrogens with two attached hydrogens (primary N) is 1. The third kappa shape index (κ3) is 4.32. The molecule has 0 radical (unpaired) electrons. The second kappa shape index (κ2) is 8.92. The van der Waals surface area contributed by atoms with Gasteiger partial charge in [-0.05, 0) is 29.7 Å². The van der Waals surface area contributed by atoms with Gasteiger partial charge in [-0.2, -0.15) is 0 Å². The lowest BCUT2D eigenvalue weighted by Gasteiger charge is -2.21. The molecule has 1 aromatic heterocycles. The standard InChI is InChI=1S/C23H26N2O4/c1-15(2)13-25-20(12-24)22(16-7-5-4-6-8-16)19-11-17(29-14-21(26)28-3)9-10-18(19)23(25)27/h4-11,15H,12-14,24H2,1-3H3. The van der Waals surface area contributed by atoms with E-state index in [1.165, 1.54) is 7.11 Å². The van der Waals surface area contributed by atoms with E-state index in [0.29, 0.717) is 23.6 Å². The molecule has 0 atom stereocenters. The van der Waals surface area contributed by atoms with Gasteiger partial charge in [0.15, 0.2) is 6.61 Å². The number of carbonyl (C=O) groups is 1. The van der Waals surface area contributed by atoms with E-state index in [0.717, 1.165) is 22.2 Å². The quantitative estimate of drug-likeness (QED) is 0.622. The lowest BCUT2D eigenvalue weighted by atomic mass is 9.96. The van der Waals surface area contributed by atoms with Gasteiger partial charge in [-0.1, -0.05) is 44.2 Å². The summed E-state index contributed by atoms with van der Waals surface area (Å²) in [5.74, 6) is 0.314. The van der Waals surface area contributed by atoms with E-state index in [9.17, 15) is 9.59 Å². The van der Waals surface area contributed by atoms with Crippen LogP contribution in [0.5, 0.6) is 5.75 Å². The van der Waals surface area contributed by atoms with Crippen LogP contribution in [0.4, 0.5) is 0 Å². The van der Waals surface area contributed by atoms with Crippen LogP contribution in [0.2, 0.25) is 0 Å². The minimum Gasteiger partial charge on any atom is -0.482 e. The van der Waals surface area contributed by atoms with Crippen molar-refractivity contribution in [3.05, 3.63) is 64.6 Å². The van der Waals surface area contributed by atoms with E-state index in [-0.39, 0.29) is 18.7 Å². The molecule has 0 bridgehead atoms. The zero-order valence-electron chi connectivity index (χ0n) is 17.0. The molecule has 0 amide bonds. The van der Waals surface area contributed by atoms with Gasteiger partial charge in [0.05, 0.1) is 7.11 Å². The normalized spacial score (nSPS) is 11.1. The molecule has 29 heavy (non-hydrogen) atoms. The largest absolute Gasteiger partial charge is 0.482 e. The van der Waals surface area contributed by atoms with Crippen LogP contribution in [0.1, 0.15) is 19.5 Å². The second-order valence-electron chi connectivity index (χ2n) is 7.27. The van der Waals surface area contributed by atoms with Gasteiger partial charge in [-0.25, -0.2) is 4.79 Å². The number of benzene rings is 2. The lowest BCUT2D eigenvalue weighted by Crippen LogP contribution is -2.28. The second-order valence-corrected chi connectivity index (χ2v) is 7.27. The molecule has 0 aliphatic rings. The summed E-state index contributed by atoms with van der Waals surface area (Å²) in [6, 6.07) is 15.1. The van der Waals surface area contributed by atoms with E-state index in [1.54, 1.807) is 22.8 Å². The van der Waals surface area contributed by atoms with E-state index < -0.39 is 5.97 Å². The lowest BCUT2D eigenvalue weighted by molar-refractivity contribution is -0.142. The summed E-state index contributed by atoms with van der Waals surface area (Å²) in [5, 5.41) is 1.34. The molecule has 0 saturated heterocycles. The molecule has 0 saturated carbocycles. The summed E-state index contributed by atoms with van der Waals surface area (Å²) in [6.45, 7) is 4.76. The molecule has 2 N–H and O–H groups in total. The summed E-state index contributed by atoms with van der Waals surface area (Å²) in [4.78, 5) is 24.7. The Bertz CT molecular complexity index is 1070. The summed E-state index contributed by atoms with van der Waals surface area (Å²) in [6.07, 6.45) is 0. The van der Waals surface area contributed by atoms with Crippen LogP contribution in [0.15, 0.2) is 53.3 Å². The van der Waals surface area contributed by atoms with Gasteiger partial charge in [0, 0.05) is 35.1 Å². The average molecular weight is 394 g/mol. The van der Waals surface area contributed by atoms with E-state index in [4.69, 9.17) is 10.5 Å². The molecule has 3 aromatic rings. The van der Waals surface area contributed by atoms with E-state index in [2.05, 4.69) is 18.6 Å². The van der Waals surface area contributed by atoms with Gasteiger partial charge in [0.2, 0.25) is 0 Å². The minimum absolute atomic E-state index is 0.0756. The first-order valence-corrected chi connectivity index (χ1v) is 9.60. The smallest absolute Gasteiger partial charge is 0.343 e. The Balaban J connectivity index is 2.29. The predicted octanol–water partition coefficient (Wildman–Crippen LogP) is 3.34. The van der Waals surface area contributed by atoms with E-state index in [1.807, 2.05) is 30.3 Å². The van der Waals surface area contributed by atoms with Crippen molar-refractivity contribution in [3.8, 4) is 16.9 Å². The molecule has 152 valence electrons. The highest BCUT2D eigenvalue weighted by atomic mass is 16.6. The molecule has 0 unspecified atom stereocenters. The maximum Gasteiger partial charge on any atom is 0.343 e. The third-order valence-corrected chi connectivity index (χ3v) is 4.74. The van der Waals surface area contributed by atoms with Crippen LogP contribution in [0.25, 0.3) is 21.9 Å². The molecule has 1 heterocycles. The van der Waals surface area contributed by atoms with Crippen LogP contribution < -0.4 is 16.0 Å². The number of aromatic nitrogens is 1. The van der Waals surface area contributed by atoms with Crippen molar-refractivity contribution in [2.75, 3.05) is 13.7 Å². The van der Waals surface area contributed by atoms with Crippen molar-refractivity contribution in [1.82, 2.24) is 4.57 Å². The number of ether oxygens (including phenoxy) is 2. The fourth-order valence-electron chi connectivity index (χ4n) is 3.46. The highest BCUT2D eigenvalue weighted by molar-refractivity contribution is 5.98. The number of methoxy groups -OCH3 is 1. The molecule has 2 aromatic carbocycles. The average Bonchev–Trinajstić information content (AvgIpc) is 2.73. The molecule has 0 aliphatic heterocycles. The molecular weight excluding hydrogens is 368 g/mol. The van der Waals surface area contributed by atoms with Crippen LogP contribution in [0, 0.1) is 5.92 Å². The van der Waals surface area contributed by atoms with Crippen LogP contribution >= 0.6 is 0 Å². The molecule has 3 rings (SSSR count). The third-order valence-electron chi connectivity index (χ3n) is 4.74. The Hall–Kier alpha value is -3.12. The summed E-state index contributed by atoms with van der Waals surface area (Å²) >= 11 is 0. The first kappa shape index (κ1) is 20.6. The topological polar surface area (TPSA) is 83.5 Å². The molecule has 0 spiro atoms. The van der Waals surface area contributed by atoms with Crippen molar-refractivity contribution >= 4 is 16.7 Å². The maximum atomic E-state index is 13.2. The monoisotopic (exact) mass is 394 g/mol. The Labute approximate surface area is 169 Å². The number of hydrogen-bond donors (Lipinski definition) is 1. The Kier molecular flexibility index (Phi) is 6.34. The fourth-order valence-corrected chi connectivity index (χ4v) is 3.46. The molecular formula is C23H26N2O4. The Morgan fingerprint density at radius 3 is 2.45 bits per heavy atom. The first-order chi connectivity index (χ1) is 14.0. The maximum absolute atomic E-state index is 13.2. The summed E-state index contributed by atoms with van der Waals surface area (Å²) in [7, 11) is 1.31. The van der Waals surface area contributed by atoms with Crippen molar-refractivity contribution in [1.29, 1.82) is 0 Å². The number of esters is 1. The van der Waals surface area contributed by atoms with Crippen LogP contribution in [0.3, 0.4) is 0 Å². The molecule has 6 nitrogen and oxygen atoms in total. The zero-order valence-corrected chi connectivity index (χ0v) is 17.0. The number of hydrogen-bond acceptors (Lipinski definition) is 5. The predicted molar refractivity (Wildman–Crippen MR) is 114 cm³/mol. The minimum atomic E-state index is -0.469. The van der Waals surface area contributed by atoms with E-state index >= 15 is 0 Å². The van der Waals surface area contributed by atoms with Crippen molar-refractivity contribution in [2.24, 2.45) is 11.7 Å². The van der Waals surface area contributed by atoms with Gasteiger partial charge >= 0.3 is 5.97 Å². The number of rotatable bonds is 7. The highest BCUT2D eigenvalue weighted by Crippen LogP contribution is 2.33. The Morgan fingerprint density at radius 1 is 1.10 bits per heavy atom. The van der Waals surface area contributed by atoms with Crippen molar-refractivity contribution < 1.29 is 14.3 Å². The van der Waals surface area contributed by atoms with Crippen LogP contribution in [-0.4, -0.2) is 24.3 Å². The van der Waals surface area contributed by atoms with Gasteiger partial charge in [-0.3, -0.25) is 4.79 Å². The number of carbonyl (C=O) groups excluding carboxylic acids is 1. The molecule has 6 heteroatoms. The summed E-state index contributed by atoms with van der Waals surface area (Å²) in [5.41, 5.74) is 8.72. The molecule has 0 fully saturated rings. The van der Waals surface area contributed by atoms with Gasteiger partial charge in [0.1, 0.15) is 5.75 Å². The van der Waals surface area contributed by atoms with Crippen molar-refractivity contribution in [2.45, 2.75) is 26.9 Å². The molecule has 0 aliphatic carbocycles. The number of nitrogens with zero attached hydrogens (tertiary/aromatic N) is 1. The number of pyridine rings is 1. The van der Waals surface area contributed by atoms with Crippen LogP contribution in [-0.2, 0) is 22.6 Å². The Morgan fingerprint density at radius 2 is 1.83 bits per heavy atom. The SMILES string of the molecule is COC(=O)COc1ccc2c(=O)n(CC(C)C)c(CN)c(-c3ccccc3)c2c1. The van der Waals surface area contributed by atoms with Gasteiger partial charge in [-0.15, -0.1) is 0 Å². The fraction of sp³-hybridized carbons (Fsp3) is 0.304. The van der Waals surface area contributed by atoms with Gasteiger partial charge in [0.25, 0.3) is 5.56 Å². The van der Waals surface area contributed by atoms with Gasteiger partial charge < -0.3 is 19.8 Å². The van der Waals surface area contributed by atoms with Crippen molar-refractivity contribution in [3.63, 3.8) is 0 Å². The highest BCUT2D eigenvalue weighted by Gasteiger charge is 2.18. The number of fused-ring (bicyclic) bond motifs is 1.